The summed E-state index contributed by atoms with van der Waals surface area (Å²) in [6, 6.07) is 0.556. The molecule has 1 aliphatic rings. The van der Waals surface area contributed by atoms with Crippen molar-refractivity contribution in [2.75, 3.05) is 24.5 Å². The minimum atomic E-state index is 0.556. The maximum atomic E-state index is 4.65. The maximum absolute atomic E-state index is 4.65. The van der Waals surface area contributed by atoms with E-state index in [0.29, 0.717) is 6.04 Å². The van der Waals surface area contributed by atoms with Gasteiger partial charge in [-0.05, 0) is 20.3 Å². The van der Waals surface area contributed by atoms with E-state index in [1.54, 1.807) is 0 Å². The van der Waals surface area contributed by atoms with E-state index in [4.69, 9.17) is 0 Å². The summed E-state index contributed by atoms with van der Waals surface area (Å²) in [5, 5.41) is 3.46. The molecule has 2 rings (SSSR count). The second-order valence-electron chi connectivity index (χ2n) is 4.68. The summed E-state index contributed by atoms with van der Waals surface area (Å²) in [7, 11) is 0. The molecule has 1 N–H and O–H groups in total. The van der Waals surface area contributed by atoms with Crippen molar-refractivity contribution in [2.45, 2.75) is 39.8 Å². The third-order valence-electron chi connectivity index (χ3n) is 2.99. The zero-order valence-electron chi connectivity index (χ0n) is 10.5. The van der Waals surface area contributed by atoms with Gasteiger partial charge >= 0.3 is 0 Å². The van der Waals surface area contributed by atoms with Crippen molar-refractivity contribution in [3.63, 3.8) is 0 Å². The largest absolute Gasteiger partial charge is 0.339 e. The smallest absolute Gasteiger partial charge is 0.205 e. The molecule has 1 saturated heterocycles. The lowest BCUT2D eigenvalue weighted by Crippen LogP contribution is -2.50. The number of rotatable bonds is 3. The van der Waals surface area contributed by atoms with Gasteiger partial charge in [-0.2, -0.15) is 0 Å². The Morgan fingerprint density at radius 3 is 3.06 bits per heavy atom. The molecule has 0 saturated carbocycles. The van der Waals surface area contributed by atoms with Gasteiger partial charge < -0.3 is 14.8 Å². The first-order valence-electron chi connectivity index (χ1n) is 6.22. The molecule has 0 amide bonds. The fourth-order valence-electron chi connectivity index (χ4n) is 2.31. The van der Waals surface area contributed by atoms with Crippen LogP contribution in [-0.4, -0.2) is 35.2 Å². The Labute approximate surface area is 97.7 Å². The number of imidazole rings is 1. The summed E-state index contributed by atoms with van der Waals surface area (Å²) in [6.07, 6.45) is 3.32. The van der Waals surface area contributed by atoms with Crippen LogP contribution >= 0.6 is 0 Å². The number of hydrogen-bond acceptors (Lipinski definition) is 3. The van der Waals surface area contributed by atoms with E-state index in [2.05, 4.69) is 46.7 Å². The van der Waals surface area contributed by atoms with Gasteiger partial charge in [0.15, 0.2) is 0 Å². The highest BCUT2D eigenvalue weighted by molar-refractivity contribution is 5.34. The summed E-state index contributed by atoms with van der Waals surface area (Å²) in [5.74, 6) is 1.15. The van der Waals surface area contributed by atoms with Gasteiger partial charge in [-0.3, -0.25) is 0 Å². The normalized spacial score (nSPS) is 21.4. The molecule has 0 bridgehead atoms. The number of piperazine rings is 1. The first-order valence-corrected chi connectivity index (χ1v) is 6.22. The Morgan fingerprint density at radius 2 is 2.38 bits per heavy atom. The second kappa shape index (κ2) is 4.87. The fraction of sp³-hybridized carbons (Fsp3) is 0.750. The van der Waals surface area contributed by atoms with Crippen LogP contribution in [0.4, 0.5) is 5.95 Å². The van der Waals surface area contributed by atoms with Gasteiger partial charge in [0.2, 0.25) is 5.95 Å². The quantitative estimate of drug-likeness (QED) is 0.839. The molecule has 16 heavy (non-hydrogen) atoms. The van der Waals surface area contributed by atoms with E-state index in [1.807, 2.05) is 0 Å². The molecule has 0 aromatic carbocycles. The summed E-state index contributed by atoms with van der Waals surface area (Å²) < 4.78 is 2.29. The molecule has 4 nitrogen and oxygen atoms in total. The molecule has 1 aliphatic heterocycles. The Kier molecular flexibility index (Phi) is 3.49. The topological polar surface area (TPSA) is 33.1 Å². The van der Waals surface area contributed by atoms with Crippen molar-refractivity contribution < 1.29 is 0 Å². The molecule has 0 unspecified atom stereocenters. The zero-order chi connectivity index (χ0) is 11.5. The van der Waals surface area contributed by atoms with E-state index in [9.17, 15) is 0 Å². The summed E-state index contributed by atoms with van der Waals surface area (Å²) in [6.45, 7) is 10.7. The number of aromatic nitrogens is 2. The SMILES string of the molecule is CCCn1cc(C)nc1N1CCN[C@H](C)C1. The van der Waals surface area contributed by atoms with Crippen molar-refractivity contribution in [3.05, 3.63) is 11.9 Å². The molecular weight excluding hydrogens is 200 g/mol. The fourth-order valence-corrected chi connectivity index (χ4v) is 2.31. The zero-order valence-corrected chi connectivity index (χ0v) is 10.5. The second-order valence-corrected chi connectivity index (χ2v) is 4.68. The lowest BCUT2D eigenvalue weighted by Gasteiger charge is -2.32. The van der Waals surface area contributed by atoms with E-state index >= 15 is 0 Å². The first kappa shape index (κ1) is 11.5. The van der Waals surface area contributed by atoms with Gasteiger partial charge in [-0.25, -0.2) is 4.98 Å². The number of aryl methyl sites for hydroxylation is 2. The predicted molar refractivity (Wildman–Crippen MR) is 66.9 cm³/mol. The maximum Gasteiger partial charge on any atom is 0.205 e. The Bertz CT molecular complexity index is 345. The Balaban J connectivity index is 2.17. The van der Waals surface area contributed by atoms with E-state index in [-0.39, 0.29) is 0 Å². The predicted octanol–water partition coefficient (Wildman–Crippen LogP) is 1.40. The number of hydrogen-bond donors (Lipinski definition) is 1. The molecule has 0 spiro atoms. The Morgan fingerprint density at radius 1 is 1.56 bits per heavy atom. The average Bonchev–Trinajstić information content (AvgIpc) is 2.60. The standard InChI is InChI=1S/C12H22N4/c1-4-6-15-9-11(3)14-12(15)16-7-5-13-10(2)8-16/h9-10,13H,4-8H2,1-3H3/t10-/m1/s1. The summed E-state index contributed by atoms with van der Waals surface area (Å²) in [5.41, 5.74) is 1.12. The minimum absolute atomic E-state index is 0.556. The molecule has 1 aromatic rings. The van der Waals surface area contributed by atoms with Crippen LogP contribution in [0.25, 0.3) is 0 Å². The molecule has 1 aromatic heterocycles. The highest BCUT2D eigenvalue weighted by atomic mass is 15.3. The van der Waals surface area contributed by atoms with Crippen LogP contribution in [0.1, 0.15) is 26.0 Å². The van der Waals surface area contributed by atoms with Crippen LogP contribution in [0.3, 0.4) is 0 Å². The van der Waals surface area contributed by atoms with Crippen molar-refractivity contribution >= 4 is 5.95 Å². The highest BCUT2D eigenvalue weighted by Crippen LogP contribution is 2.16. The van der Waals surface area contributed by atoms with Crippen LogP contribution in [0, 0.1) is 6.92 Å². The monoisotopic (exact) mass is 222 g/mol. The van der Waals surface area contributed by atoms with E-state index < -0.39 is 0 Å². The number of nitrogens with zero attached hydrogens (tertiary/aromatic N) is 3. The minimum Gasteiger partial charge on any atom is -0.339 e. The van der Waals surface area contributed by atoms with Gasteiger partial charge in [0.1, 0.15) is 0 Å². The van der Waals surface area contributed by atoms with Crippen LogP contribution in [0.15, 0.2) is 6.20 Å². The third kappa shape index (κ3) is 2.38. The summed E-state index contributed by atoms with van der Waals surface area (Å²) in [4.78, 5) is 7.04. The van der Waals surface area contributed by atoms with Gasteiger partial charge in [0, 0.05) is 38.4 Å². The van der Waals surface area contributed by atoms with Crippen molar-refractivity contribution in [3.8, 4) is 0 Å². The van der Waals surface area contributed by atoms with Crippen LogP contribution in [0.5, 0.6) is 0 Å². The van der Waals surface area contributed by atoms with E-state index in [0.717, 1.165) is 44.2 Å². The van der Waals surface area contributed by atoms with Crippen LogP contribution in [-0.2, 0) is 6.54 Å². The summed E-state index contributed by atoms with van der Waals surface area (Å²) >= 11 is 0. The lowest BCUT2D eigenvalue weighted by molar-refractivity contribution is 0.473. The number of anilines is 1. The molecule has 1 fully saturated rings. The van der Waals surface area contributed by atoms with Crippen molar-refractivity contribution in [1.82, 2.24) is 14.9 Å². The van der Waals surface area contributed by atoms with E-state index in [1.165, 1.54) is 0 Å². The highest BCUT2D eigenvalue weighted by Gasteiger charge is 2.19. The van der Waals surface area contributed by atoms with Gasteiger partial charge in [0.05, 0.1) is 5.69 Å². The van der Waals surface area contributed by atoms with Gasteiger partial charge in [-0.1, -0.05) is 6.92 Å². The van der Waals surface area contributed by atoms with Crippen molar-refractivity contribution in [1.29, 1.82) is 0 Å². The molecule has 90 valence electrons. The molecule has 0 aliphatic carbocycles. The third-order valence-corrected chi connectivity index (χ3v) is 2.99. The number of nitrogens with one attached hydrogen (secondary N) is 1. The van der Waals surface area contributed by atoms with Crippen LogP contribution < -0.4 is 10.2 Å². The lowest BCUT2D eigenvalue weighted by atomic mass is 10.2. The van der Waals surface area contributed by atoms with Gasteiger partial charge in [-0.15, -0.1) is 0 Å². The average molecular weight is 222 g/mol. The molecule has 2 heterocycles. The van der Waals surface area contributed by atoms with Crippen molar-refractivity contribution in [2.24, 2.45) is 0 Å². The van der Waals surface area contributed by atoms with Gasteiger partial charge in [0.25, 0.3) is 0 Å². The molecule has 0 radical (unpaired) electrons. The van der Waals surface area contributed by atoms with Crippen LogP contribution in [0.2, 0.25) is 0 Å². The Hall–Kier alpha value is -1.03. The molecule has 4 heteroatoms. The molecular formula is C12H22N4. The molecule has 1 atom stereocenters. The first-order chi connectivity index (χ1) is 7.70.